The average molecular weight is 549 g/mol. The molecule has 3 atom stereocenters. The maximum atomic E-state index is 13.6. The van der Waals surface area contributed by atoms with Crippen molar-refractivity contribution in [3.63, 3.8) is 0 Å². The predicted octanol–water partition coefficient (Wildman–Crippen LogP) is 6.45. The number of rotatable bonds is 8. The Morgan fingerprint density at radius 1 is 1.02 bits per heavy atom. The standard InChI is InChI=1S/C33H36N6O2/c1-22-31(25-14-15-30-26(20-25)21-34-38(30)2)37-39(27-12-8-5-9-13-27)32(22)36-33(40)35-29-19-23(16-17-41-3)18-28(29)24-10-6-4-7-11-24/h4-15,20-21,23,28-29H,16-19H2,1-3H3,(H2,35,36,40)/t23-,28-,29+/m0/s1. The van der Waals surface area contributed by atoms with Crippen molar-refractivity contribution in [2.75, 3.05) is 19.0 Å². The SMILES string of the molecule is COCC[C@@H]1C[C@@H](NC(=O)Nc2c(C)c(-c3ccc4c(cnn4C)c3)nn2-c2ccccc2)[C@H](c2ccccc2)C1. The summed E-state index contributed by atoms with van der Waals surface area (Å²) in [5, 5.41) is 16.9. The molecule has 2 N–H and O–H groups in total. The summed E-state index contributed by atoms with van der Waals surface area (Å²) in [4.78, 5) is 13.6. The zero-order valence-corrected chi connectivity index (χ0v) is 23.7. The van der Waals surface area contributed by atoms with Crippen LogP contribution in [0.25, 0.3) is 27.8 Å². The normalized spacial score (nSPS) is 18.6. The minimum absolute atomic E-state index is 0.0279. The fourth-order valence-corrected chi connectivity index (χ4v) is 6.19. The van der Waals surface area contributed by atoms with Crippen LogP contribution in [-0.2, 0) is 11.8 Å². The molecule has 41 heavy (non-hydrogen) atoms. The number of hydrogen-bond donors (Lipinski definition) is 2. The molecule has 1 saturated carbocycles. The molecule has 0 unspecified atom stereocenters. The second-order valence-electron chi connectivity index (χ2n) is 11.0. The Balaban J connectivity index is 1.30. The highest BCUT2D eigenvalue weighted by molar-refractivity contribution is 5.92. The van der Waals surface area contributed by atoms with Crippen LogP contribution in [0.2, 0.25) is 0 Å². The Morgan fingerprint density at radius 3 is 2.54 bits per heavy atom. The van der Waals surface area contributed by atoms with E-state index in [4.69, 9.17) is 9.84 Å². The van der Waals surface area contributed by atoms with E-state index in [-0.39, 0.29) is 18.0 Å². The molecule has 1 aliphatic carbocycles. The van der Waals surface area contributed by atoms with Crippen LogP contribution in [0.15, 0.2) is 85.1 Å². The van der Waals surface area contributed by atoms with Crippen LogP contribution in [0.5, 0.6) is 0 Å². The lowest BCUT2D eigenvalue weighted by atomic mass is 9.93. The second kappa shape index (κ2) is 11.6. The van der Waals surface area contributed by atoms with E-state index in [1.165, 1.54) is 5.56 Å². The third-order valence-electron chi connectivity index (χ3n) is 8.31. The van der Waals surface area contributed by atoms with Gasteiger partial charge in [0.05, 0.1) is 23.1 Å². The van der Waals surface area contributed by atoms with E-state index >= 15 is 0 Å². The molecule has 2 heterocycles. The van der Waals surface area contributed by atoms with E-state index in [9.17, 15) is 4.79 Å². The third kappa shape index (κ3) is 5.47. The molecule has 1 fully saturated rings. The van der Waals surface area contributed by atoms with E-state index in [1.807, 2.05) is 65.9 Å². The average Bonchev–Trinajstić information content (AvgIpc) is 3.68. The molecule has 0 bridgehead atoms. The second-order valence-corrected chi connectivity index (χ2v) is 11.0. The Labute approximate surface area is 240 Å². The number of anilines is 1. The van der Waals surface area contributed by atoms with Gasteiger partial charge in [-0.2, -0.15) is 10.2 Å². The third-order valence-corrected chi connectivity index (χ3v) is 8.31. The van der Waals surface area contributed by atoms with Gasteiger partial charge in [-0.1, -0.05) is 54.6 Å². The highest BCUT2D eigenvalue weighted by Crippen LogP contribution is 2.40. The van der Waals surface area contributed by atoms with E-state index in [0.717, 1.165) is 59.3 Å². The Bertz CT molecular complexity index is 1640. The summed E-state index contributed by atoms with van der Waals surface area (Å²) < 4.78 is 9.04. The Kier molecular flexibility index (Phi) is 7.57. The predicted molar refractivity (Wildman–Crippen MR) is 162 cm³/mol. The van der Waals surface area contributed by atoms with Crippen LogP contribution in [-0.4, -0.2) is 45.4 Å². The lowest BCUT2D eigenvalue weighted by molar-refractivity contribution is 0.177. The van der Waals surface area contributed by atoms with Gasteiger partial charge in [-0.3, -0.25) is 10.00 Å². The first-order valence-electron chi connectivity index (χ1n) is 14.2. The number of benzene rings is 3. The molecule has 6 rings (SSSR count). The fraction of sp³-hybridized carbons (Fsp3) is 0.303. The molecule has 8 heteroatoms. The Morgan fingerprint density at radius 2 is 1.78 bits per heavy atom. The van der Waals surface area contributed by atoms with Crippen molar-refractivity contribution in [2.45, 2.75) is 38.1 Å². The highest BCUT2D eigenvalue weighted by atomic mass is 16.5. The van der Waals surface area contributed by atoms with E-state index in [0.29, 0.717) is 11.7 Å². The topological polar surface area (TPSA) is 86.0 Å². The van der Waals surface area contributed by atoms with Gasteiger partial charge in [0.25, 0.3) is 0 Å². The summed E-state index contributed by atoms with van der Waals surface area (Å²) in [5.41, 5.74) is 5.88. The number of fused-ring (bicyclic) bond motifs is 1. The zero-order chi connectivity index (χ0) is 28.3. The van der Waals surface area contributed by atoms with Gasteiger partial charge in [-0.05, 0) is 61.9 Å². The molecule has 3 aromatic carbocycles. The number of ether oxygens (including phenoxy) is 1. The molecule has 5 aromatic rings. The minimum atomic E-state index is -0.224. The van der Waals surface area contributed by atoms with Gasteiger partial charge >= 0.3 is 6.03 Å². The molecule has 0 spiro atoms. The van der Waals surface area contributed by atoms with Crippen molar-refractivity contribution in [2.24, 2.45) is 13.0 Å². The Hall–Kier alpha value is -4.43. The molecule has 1 aliphatic rings. The van der Waals surface area contributed by atoms with E-state index < -0.39 is 0 Å². The number of para-hydroxylation sites is 1. The molecule has 0 aliphatic heterocycles. The van der Waals surface area contributed by atoms with Crippen LogP contribution < -0.4 is 10.6 Å². The lowest BCUT2D eigenvalue weighted by Gasteiger charge is -2.22. The van der Waals surface area contributed by atoms with Gasteiger partial charge in [0.2, 0.25) is 0 Å². The fourth-order valence-electron chi connectivity index (χ4n) is 6.19. The summed E-state index contributed by atoms with van der Waals surface area (Å²) in [5.74, 6) is 1.40. The smallest absolute Gasteiger partial charge is 0.320 e. The van der Waals surface area contributed by atoms with Crippen LogP contribution in [0, 0.1) is 12.8 Å². The number of nitrogens with zero attached hydrogens (tertiary/aromatic N) is 4. The molecule has 2 aromatic heterocycles. The molecule has 0 radical (unpaired) electrons. The first-order chi connectivity index (χ1) is 20.0. The zero-order valence-electron chi connectivity index (χ0n) is 23.7. The van der Waals surface area contributed by atoms with Crippen molar-refractivity contribution in [1.29, 1.82) is 0 Å². The summed E-state index contributed by atoms with van der Waals surface area (Å²) in [6.07, 6.45) is 4.80. The number of carbonyl (C=O) groups is 1. The van der Waals surface area contributed by atoms with Crippen molar-refractivity contribution >= 4 is 22.8 Å². The molecule has 8 nitrogen and oxygen atoms in total. The van der Waals surface area contributed by atoms with Gasteiger partial charge in [0.15, 0.2) is 0 Å². The molecule has 210 valence electrons. The monoisotopic (exact) mass is 548 g/mol. The van der Waals surface area contributed by atoms with Gasteiger partial charge in [-0.15, -0.1) is 0 Å². The molecule has 0 saturated heterocycles. The molecular formula is C33H36N6O2. The number of nitrogens with one attached hydrogen (secondary N) is 2. The van der Waals surface area contributed by atoms with Gasteiger partial charge in [0.1, 0.15) is 5.82 Å². The van der Waals surface area contributed by atoms with Crippen molar-refractivity contribution < 1.29 is 9.53 Å². The van der Waals surface area contributed by atoms with Crippen LogP contribution in [0.1, 0.15) is 36.3 Å². The van der Waals surface area contributed by atoms with Gasteiger partial charge in [0, 0.05) is 49.2 Å². The summed E-state index contributed by atoms with van der Waals surface area (Å²) in [7, 11) is 3.68. The van der Waals surface area contributed by atoms with Crippen molar-refractivity contribution in [3.05, 3.63) is 96.2 Å². The van der Waals surface area contributed by atoms with E-state index in [1.54, 1.807) is 7.11 Å². The van der Waals surface area contributed by atoms with Crippen molar-refractivity contribution in [3.8, 4) is 16.9 Å². The first kappa shape index (κ1) is 26.8. The number of aryl methyl sites for hydroxylation is 1. The van der Waals surface area contributed by atoms with Crippen LogP contribution in [0.4, 0.5) is 10.6 Å². The summed E-state index contributed by atoms with van der Waals surface area (Å²) in [6.45, 7) is 2.74. The minimum Gasteiger partial charge on any atom is -0.385 e. The quantitative estimate of drug-likeness (QED) is 0.233. The molecular weight excluding hydrogens is 512 g/mol. The molecule has 2 amide bonds. The van der Waals surface area contributed by atoms with Gasteiger partial charge < -0.3 is 10.1 Å². The number of amides is 2. The maximum Gasteiger partial charge on any atom is 0.320 e. The van der Waals surface area contributed by atoms with Gasteiger partial charge in [-0.25, -0.2) is 9.48 Å². The number of urea groups is 1. The number of aromatic nitrogens is 4. The van der Waals surface area contributed by atoms with Crippen molar-refractivity contribution in [1.82, 2.24) is 24.9 Å². The number of carbonyl (C=O) groups excluding carboxylic acids is 1. The van der Waals surface area contributed by atoms with E-state index in [2.05, 4.69) is 58.2 Å². The summed E-state index contributed by atoms with van der Waals surface area (Å²) in [6, 6.07) is 26.4. The maximum absolute atomic E-state index is 13.6. The summed E-state index contributed by atoms with van der Waals surface area (Å²) >= 11 is 0. The van der Waals surface area contributed by atoms with Crippen LogP contribution in [0.3, 0.4) is 0 Å². The first-order valence-corrected chi connectivity index (χ1v) is 14.2. The largest absolute Gasteiger partial charge is 0.385 e. The number of hydrogen-bond acceptors (Lipinski definition) is 4. The van der Waals surface area contributed by atoms with Crippen LogP contribution >= 0.6 is 0 Å². The lowest BCUT2D eigenvalue weighted by Crippen LogP contribution is -2.40. The number of methoxy groups -OCH3 is 1. The highest BCUT2D eigenvalue weighted by Gasteiger charge is 2.36.